The number of rotatable bonds is 7. The number of amides is 1. The van der Waals surface area contributed by atoms with Gasteiger partial charge in [-0.2, -0.15) is 0 Å². The van der Waals surface area contributed by atoms with Crippen molar-refractivity contribution in [2.45, 2.75) is 33.4 Å². The van der Waals surface area contributed by atoms with Crippen LogP contribution in [0.1, 0.15) is 29.7 Å². The van der Waals surface area contributed by atoms with Crippen LogP contribution in [0.2, 0.25) is 0 Å². The third-order valence-electron chi connectivity index (χ3n) is 3.72. The Kier molecular flexibility index (Phi) is 5.52. The van der Waals surface area contributed by atoms with Gasteiger partial charge in [-0.3, -0.25) is 4.79 Å². The smallest absolute Gasteiger partial charge is 0.246 e. The molecule has 0 aliphatic rings. The Hall–Kier alpha value is -2.62. The van der Waals surface area contributed by atoms with E-state index < -0.39 is 0 Å². The van der Waals surface area contributed by atoms with E-state index in [0.29, 0.717) is 18.7 Å². The molecule has 4 heteroatoms. The first kappa shape index (κ1) is 16.7. The second-order valence-corrected chi connectivity index (χ2v) is 5.58. The van der Waals surface area contributed by atoms with Crippen LogP contribution in [-0.4, -0.2) is 15.5 Å². The van der Waals surface area contributed by atoms with Crippen LogP contribution < -0.4 is 5.32 Å². The first-order valence-electron chi connectivity index (χ1n) is 7.66. The summed E-state index contributed by atoms with van der Waals surface area (Å²) in [5.41, 5.74) is 3.64. The number of carbonyl (C=O) groups excluding carboxylic acids is 1. The Labute approximate surface area is 137 Å². The number of allylic oxidation sites excluding steroid dienone is 1. The Morgan fingerprint density at radius 3 is 2.65 bits per heavy atom. The summed E-state index contributed by atoms with van der Waals surface area (Å²) in [6.07, 6.45) is 2.61. The number of benzene rings is 1. The molecular weight excluding hydrogens is 286 g/mol. The zero-order chi connectivity index (χ0) is 16.8. The maximum Gasteiger partial charge on any atom is 0.246 e. The molecule has 2 aromatic rings. The third kappa shape index (κ3) is 4.19. The maximum absolute atomic E-state index is 11.7. The Balaban J connectivity index is 2.23. The summed E-state index contributed by atoms with van der Waals surface area (Å²) >= 11 is 0. The van der Waals surface area contributed by atoms with Crippen LogP contribution in [0, 0.1) is 6.92 Å². The van der Waals surface area contributed by atoms with E-state index in [0.717, 1.165) is 23.6 Å². The summed E-state index contributed by atoms with van der Waals surface area (Å²) in [4.78, 5) is 16.4. The van der Waals surface area contributed by atoms with E-state index in [9.17, 15) is 4.79 Å². The van der Waals surface area contributed by atoms with Crippen molar-refractivity contribution in [2.75, 3.05) is 0 Å². The van der Waals surface area contributed by atoms with E-state index in [2.05, 4.69) is 35.2 Å². The normalized spacial score (nSPS) is 10.3. The summed E-state index contributed by atoms with van der Waals surface area (Å²) in [6, 6.07) is 10.2. The monoisotopic (exact) mass is 309 g/mol. The SMILES string of the molecule is C=CCn1c(Cc2ccccc2)nc(CNC(=O)C(=C)C)c1C. The summed E-state index contributed by atoms with van der Waals surface area (Å²) in [6.45, 7) is 12.3. The highest BCUT2D eigenvalue weighted by Crippen LogP contribution is 2.15. The summed E-state index contributed by atoms with van der Waals surface area (Å²) < 4.78 is 2.14. The molecule has 23 heavy (non-hydrogen) atoms. The van der Waals surface area contributed by atoms with E-state index >= 15 is 0 Å². The number of hydrogen-bond donors (Lipinski definition) is 1. The van der Waals surface area contributed by atoms with Crippen molar-refractivity contribution >= 4 is 5.91 Å². The van der Waals surface area contributed by atoms with Gasteiger partial charge in [0, 0.05) is 24.2 Å². The van der Waals surface area contributed by atoms with Crippen LogP contribution >= 0.6 is 0 Å². The van der Waals surface area contributed by atoms with Crippen LogP contribution in [0.4, 0.5) is 0 Å². The molecule has 1 aromatic heterocycles. The molecule has 4 nitrogen and oxygen atoms in total. The first-order chi connectivity index (χ1) is 11.0. The van der Waals surface area contributed by atoms with Gasteiger partial charge in [-0.05, 0) is 19.4 Å². The highest BCUT2D eigenvalue weighted by atomic mass is 16.1. The highest BCUT2D eigenvalue weighted by Gasteiger charge is 2.14. The van der Waals surface area contributed by atoms with Crippen LogP contribution in [-0.2, 0) is 24.3 Å². The molecule has 0 aliphatic heterocycles. The maximum atomic E-state index is 11.7. The first-order valence-corrected chi connectivity index (χ1v) is 7.66. The van der Waals surface area contributed by atoms with Gasteiger partial charge in [-0.1, -0.05) is 43.0 Å². The van der Waals surface area contributed by atoms with Gasteiger partial charge in [0.15, 0.2) is 0 Å². The molecule has 0 bridgehead atoms. The number of nitrogens with one attached hydrogen (secondary N) is 1. The molecule has 0 radical (unpaired) electrons. The molecule has 2 rings (SSSR count). The van der Waals surface area contributed by atoms with Gasteiger partial charge in [0.25, 0.3) is 0 Å². The summed E-state index contributed by atoms with van der Waals surface area (Å²) in [5.74, 6) is 0.834. The average molecular weight is 309 g/mol. The lowest BCUT2D eigenvalue weighted by atomic mass is 10.1. The van der Waals surface area contributed by atoms with E-state index in [1.807, 2.05) is 31.2 Å². The Bertz CT molecular complexity index is 714. The Morgan fingerprint density at radius 2 is 2.04 bits per heavy atom. The molecule has 1 amide bonds. The quantitative estimate of drug-likeness (QED) is 0.631. The van der Waals surface area contributed by atoms with Crippen LogP contribution in [0.3, 0.4) is 0 Å². The highest BCUT2D eigenvalue weighted by molar-refractivity contribution is 5.91. The van der Waals surface area contributed by atoms with Crippen molar-refractivity contribution in [1.29, 1.82) is 0 Å². The fourth-order valence-corrected chi connectivity index (χ4v) is 2.41. The van der Waals surface area contributed by atoms with Crippen LogP contribution in [0.25, 0.3) is 0 Å². The van der Waals surface area contributed by atoms with Gasteiger partial charge in [-0.25, -0.2) is 4.98 Å². The van der Waals surface area contributed by atoms with Gasteiger partial charge in [0.1, 0.15) is 5.82 Å². The molecule has 0 saturated carbocycles. The van der Waals surface area contributed by atoms with Crippen molar-refractivity contribution in [3.8, 4) is 0 Å². The Morgan fingerprint density at radius 1 is 1.35 bits per heavy atom. The molecular formula is C19H23N3O. The molecule has 1 heterocycles. The predicted octanol–water partition coefficient (Wildman–Crippen LogP) is 3.16. The standard InChI is InChI=1S/C19H23N3O/c1-5-11-22-15(4)17(13-20-19(23)14(2)3)21-18(22)12-16-9-7-6-8-10-16/h5-10H,1-2,11-13H2,3-4H3,(H,20,23). The fraction of sp³-hybridized carbons (Fsp3) is 0.263. The molecule has 0 unspecified atom stereocenters. The molecule has 0 atom stereocenters. The number of nitrogens with zero attached hydrogens (tertiary/aromatic N) is 2. The van der Waals surface area contributed by atoms with E-state index in [1.165, 1.54) is 5.56 Å². The number of imidazole rings is 1. The minimum absolute atomic E-state index is 0.146. The van der Waals surface area contributed by atoms with Gasteiger partial charge in [0.2, 0.25) is 5.91 Å². The second kappa shape index (κ2) is 7.58. The van der Waals surface area contributed by atoms with Crippen molar-refractivity contribution in [2.24, 2.45) is 0 Å². The van der Waals surface area contributed by atoms with Gasteiger partial charge < -0.3 is 9.88 Å². The lowest BCUT2D eigenvalue weighted by Crippen LogP contribution is -2.23. The second-order valence-electron chi connectivity index (χ2n) is 5.58. The molecule has 0 saturated heterocycles. The van der Waals surface area contributed by atoms with Crippen LogP contribution in [0.5, 0.6) is 0 Å². The minimum Gasteiger partial charge on any atom is -0.347 e. The minimum atomic E-state index is -0.146. The average Bonchev–Trinajstić information content (AvgIpc) is 2.82. The lowest BCUT2D eigenvalue weighted by molar-refractivity contribution is -0.117. The van der Waals surface area contributed by atoms with Gasteiger partial charge in [-0.15, -0.1) is 6.58 Å². The van der Waals surface area contributed by atoms with Crippen molar-refractivity contribution in [1.82, 2.24) is 14.9 Å². The summed E-state index contributed by atoms with van der Waals surface area (Å²) in [7, 11) is 0. The van der Waals surface area contributed by atoms with Crippen molar-refractivity contribution < 1.29 is 4.79 Å². The fourth-order valence-electron chi connectivity index (χ4n) is 2.41. The topological polar surface area (TPSA) is 46.9 Å². The third-order valence-corrected chi connectivity index (χ3v) is 3.72. The summed E-state index contributed by atoms with van der Waals surface area (Å²) in [5, 5.41) is 2.85. The number of hydrogen-bond acceptors (Lipinski definition) is 2. The molecule has 1 aromatic carbocycles. The van der Waals surface area contributed by atoms with E-state index in [4.69, 9.17) is 4.98 Å². The van der Waals surface area contributed by atoms with Crippen molar-refractivity contribution in [3.05, 3.63) is 77.9 Å². The van der Waals surface area contributed by atoms with Crippen LogP contribution in [0.15, 0.2) is 55.1 Å². The lowest BCUT2D eigenvalue weighted by Gasteiger charge is -2.07. The van der Waals surface area contributed by atoms with Crippen molar-refractivity contribution in [3.63, 3.8) is 0 Å². The largest absolute Gasteiger partial charge is 0.347 e. The molecule has 0 aliphatic carbocycles. The predicted molar refractivity (Wildman–Crippen MR) is 93.1 cm³/mol. The zero-order valence-corrected chi connectivity index (χ0v) is 13.8. The molecule has 0 spiro atoms. The van der Waals surface area contributed by atoms with E-state index in [1.54, 1.807) is 6.92 Å². The van der Waals surface area contributed by atoms with Gasteiger partial charge in [0.05, 0.1) is 12.2 Å². The zero-order valence-electron chi connectivity index (χ0n) is 13.8. The van der Waals surface area contributed by atoms with Gasteiger partial charge >= 0.3 is 0 Å². The molecule has 120 valence electrons. The molecule has 1 N–H and O–H groups in total. The number of aromatic nitrogens is 2. The number of carbonyl (C=O) groups is 1. The van der Waals surface area contributed by atoms with E-state index in [-0.39, 0.29) is 5.91 Å². The molecule has 0 fully saturated rings.